The molecule has 0 aliphatic heterocycles. The van der Waals surface area contributed by atoms with Gasteiger partial charge in [-0.2, -0.15) is 5.26 Å². The van der Waals surface area contributed by atoms with Crippen LogP contribution in [-0.2, 0) is 6.61 Å². The highest BCUT2D eigenvalue weighted by atomic mass is 35.5. The molecule has 0 amide bonds. The van der Waals surface area contributed by atoms with E-state index in [9.17, 15) is 5.26 Å². The molecule has 4 rings (SSSR count). The van der Waals surface area contributed by atoms with E-state index >= 15 is 0 Å². The third-order valence-corrected chi connectivity index (χ3v) is 5.40. The van der Waals surface area contributed by atoms with Crippen molar-refractivity contribution in [2.75, 3.05) is 12.3 Å². The van der Waals surface area contributed by atoms with Gasteiger partial charge >= 0.3 is 0 Å². The Morgan fingerprint density at radius 3 is 2.39 bits per heavy atom. The fraction of sp³-hybridized carbons (Fsp3) is 0.111. The number of pyridine rings is 1. The zero-order chi connectivity index (χ0) is 23.2. The largest absolute Gasteiger partial charge is 0.490 e. The predicted molar refractivity (Wildman–Crippen MR) is 131 cm³/mol. The molecule has 6 heteroatoms. The molecular formula is C27H22ClN3O2. The lowest BCUT2D eigenvalue weighted by Gasteiger charge is -2.17. The van der Waals surface area contributed by atoms with Crippen molar-refractivity contribution in [3.63, 3.8) is 0 Å². The van der Waals surface area contributed by atoms with Crippen LogP contribution in [0.5, 0.6) is 11.5 Å². The van der Waals surface area contributed by atoms with Crippen molar-refractivity contribution in [1.29, 1.82) is 5.26 Å². The van der Waals surface area contributed by atoms with E-state index in [0.717, 1.165) is 22.3 Å². The van der Waals surface area contributed by atoms with E-state index in [1.807, 2.05) is 79.7 Å². The topological polar surface area (TPSA) is 81.2 Å². The van der Waals surface area contributed by atoms with Gasteiger partial charge in [0.2, 0.25) is 0 Å². The zero-order valence-corrected chi connectivity index (χ0v) is 18.8. The Morgan fingerprint density at radius 2 is 1.70 bits per heavy atom. The second-order valence-electron chi connectivity index (χ2n) is 7.29. The average Bonchev–Trinajstić information content (AvgIpc) is 2.84. The van der Waals surface area contributed by atoms with Crippen molar-refractivity contribution in [1.82, 2.24) is 4.98 Å². The number of nitrogen functional groups attached to an aromatic ring is 1. The predicted octanol–water partition coefficient (Wildman–Crippen LogP) is 6.50. The van der Waals surface area contributed by atoms with Crippen molar-refractivity contribution in [2.45, 2.75) is 13.5 Å². The molecule has 1 aromatic heterocycles. The quantitative estimate of drug-likeness (QED) is 0.344. The van der Waals surface area contributed by atoms with Crippen molar-refractivity contribution >= 4 is 17.4 Å². The number of rotatable bonds is 7. The molecule has 3 aromatic carbocycles. The van der Waals surface area contributed by atoms with Gasteiger partial charge in [-0.15, -0.1) is 0 Å². The van der Waals surface area contributed by atoms with Crippen LogP contribution in [0.2, 0.25) is 5.02 Å². The van der Waals surface area contributed by atoms with Crippen LogP contribution in [0.15, 0.2) is 79.0 Å². The molecule has 0 atom stereocenters. The number of benzene rings is 3. The minimum absolute atomic E-state index is 0.188. The monoisotopic (exact) mass is 455 g/mol. The van der Waals surface area contributed by atoms with Crippen molar-refractivity contribution in [2.24, 2.45) is 0 Å². The van der Waals surface area contributed by atoms with E-state index in [1.54, 1.807) is 6.20 Å². The van der Waals surface area contributed by atoms with Gasteiger partial charge in [0.25, 0.3) is 0 Å². The molecule has 4 aromatic rings. The Kier molecular flexibility index (Phi) is 6.77. The molecule has 0 saturated carbocycles. The van der Waals surface area contributed by atoms with E-state index in [2.05, 4.69) is 11.1 Å². The summed E-state index contributed by atoms with van der Waals surface area (Å²) < 4.78 is 11.9. The van der Waals surface area contributed by atoms with Crippen LogP contribution in [0, 0.1) is 11.3 Å². The minimum atomic E-state index is 0.188. The highest BCUT2D eigenvalue weighted by Crippen LogP contribution is 2.40. The molecule has 0 saturated heterocycles. The van der Waals surface area contributed by atoms with Crippen LogP contribution >= 0.6 is 11.6 Å². The molecule has 0 fully saturated rings. The summed E-state index contributed by atoms with van der Waals surface area (Å²) in [6, 6.07) is 25.1. The highest BCUT2D eigenvalue weighted by Gasteiger charge is 2.18. The van der Waals surface area contributed by atoms with Crippen LogP contribution in [0.4, 0.5) is 5.82 Å². The number of ether oxygens (including phenoxy) is 2. The van der Waals surface area contributed by atoms with Crippen LogP contribution in [0.25, 0.3) is 22.3 Å². The molecule has 0 radical (unpaired) electrons. The van der Waals surface area contributed by atoms with E-state index < -0.39 is 0 Å². The first-order chi connectivity index (χ1) is 16.1. The molecule has 0 unspecified atom stereocenters. The molecule has 1 heterocycles. The third-order valence-electron chi connectivity index (χ3n) is 5.14. The molecular weight excluding hydrogens is 434 g/mol. The maximum Gasteiger partial charge on any atom is 0.161 e. The first-order valence-corrected chi connectivity index (χ1v) is 10.9. The number of halogens is 1. The van der Waals surface area contributed by atoms with Crippen LogP contribution < -0.4 is 15.2 Å². The Hall–Kier alpha value is -4.01. The van der Waals surface area contributed by atoms with Gasteiger partial charge in [-0.25, -0.2) is 4.98 Å². The molecule has 0 aliphatic carbocycles. The maximum absolute atomic E-state index is 9.85. The molecule has 0 spiro atoms. The van der Waals surface area contributed by atoms with E-state index in [0.29, 0.717) is 40.9 Å². The average molecular weight is 456 g/mol. The Bertz CT molecular complexity index is 1300. The molecule has 164 valence electrons. The number of hydrogen-bond acceptors (Lipinski definition) is 5. The summed E-state index contributed by atoms with van der Waals surface area (Å²) in [6.45, 7) is 2.75. The summed E-state index contributed by atoms with van der Waals surface area (Å²) in [6.07, 6.45) is 1.70. The number of nitrogens with zero attached hydrogens (tertiary/aromatic N) is 2. The summed E-state index contributed by atoms with van der Waals surface area (Å²) >= 11 is 5.97. The summed E-state index contributed by atoms with van der Waals surface area (Å²) in [4.78, 5) is 4.25. The van der Waals surface area contributed by atoms with Gasteiger partial charge in [0.05, 0.1) is 6.61 Å². The number of aromatic nitrogens is 1. The summed E-state index contributed by atoms with van der Waals surface area (Å²) in [5, 5.41) is 10.5. The Labute approximate surface area is 198 Å². The number of nitrogens with two attached hydrogens (primary N) is 1. The number of anilines is 1. The molecule has 33 heavy (non-hydrogen) atoms. The third kappa shape index (κ3) is 4.92. The lowest BCUT2D eigenvalue weighted by Crippen LogP contribution is -2.02. The summed E-state index contributed by atoms with van der Waals surface area (Å²) in [5.74, 6) is 1.38. The van der Waals surface area contributed by atoms with Gasteiger partial charge in [-0.3, -0.25) is 0 Å². The Morgan fingerprint density at radius 1 is 0.939 bits per heavy atom. The zero-order valence-electron chi connectivity index (χ0n) is 18.1. The van der Waals surface area contributed by atoms with Gasteiger partial charge < -0.3 is 15.2 Å². The van der Waals surface area contributed by atoms with Crippen molar-refractivity contribution < 1.29 is 9.47 Å². The first kappa shape index (κ1) is 22.2. The van der Waals surface area contributed by atoms with Crippen LogP contribution in [0.3, 0.4) is 0 Å². The van der Waals surface area contributed by atoms with Gasteiger partial charge in [-0.1, -0.05) is 60.1 Å². The second kappa shape index (κ2) is 10.1. The van der Waals surface area contributed by atoms with Gasteiger partial charge in [0.1, 0.15) is 24.1 Å². The smallest absolute Gasteiger partial charge is 0.161 e. The van der Waals surface area contributed by atoms with Crippen molar-refractivity contribution in [3.8, 4) is 39.8 Å². The SMILES string of the molecule is CCOc1cc(-c2c(-c3ccccc3)cnc(N)c2C#N)ccc1OCc1ccc(Cl)cc1. The highest BCUT2D eigenvalue weighted by molar-refractivity contribution is 6.30. The fourth-order valence-electron chi connectivity index (χ4n) is 3.57. The normalized spacial score (nSPS) is 10.5. The minimum Gasteiger partial charge on any atom is -0.490 e. The first-order valence-electron chi connectivity index (χ1n) is 10.5. The molecule has 0 bridgehead atoms. The second-order valence-corrected chi connectivity index (χ2v) is 7.73. The fourth-order valence-corrected chi connectivity index (χ4v) is 3.69. The molecule has 0 aliphatic rings. The lowest BCUT2D eigenvalue weighted by atomic mass is 9.92. The molecule has 2 N–H and O–H groups in total. The van der Waals surface area contributed by atoms with Crippen LogP contribution in [-0.4, -0.2) is 11.6 Å². The van der Waals surface area contributed by atoms with Gasteiger partial charge in [0, 0.05) is 22.3 Å². The van der Waals surface area contributed by atoms with Crippen LogP contribution in [0.1, 0.15) is 18.1 Å². The van der Waals surface area contributed by atoms with Gasteiger partial charge in [-0.05, 0) is 47.9 Å². The number of nitriles is 1. The number of hydrogen-bond donors (Lipinski definition) is 1. The lowest BCUT2D eigenvalue weighted by molar-refractivity contribution is 0.269. The van der Waals surface area contributed by atoms with Gasteiger partial charge in [0.15, 0.2) is 11.5 Å². The Balaban J connectivity index is 1.76. The van der Waals surface area contributed by atoms with E-state index in [1.165, 1.54) is 0 Å². The van der Waals surface area contributed by atoms with E-state index in [-0.39, 0.29) is 5.82 Å². The van der Waals surface area contributed by atoms with E-state index in [4.69, 9.17) is 26.8 Å². The van der Waals surface area contributed by atoms with Crippen molar-refractivity contribution in [3.05, 3.63) is 95.1 Å². The summed E-state index contributed by atoms with van der Waals surface area (Å²) in [7, 11) is 0. The standard InChI is InChI=1S/C27H22ClN3O2/c1-2-32-25-14-20(10-13-24(25)33-17-18-8-11-21(28)12-9-18)26-22(15-29)27(30)31-16-23(26)19-6-4-3-5-7-19/h3-14,16H,2,17H2,1H3,(H2,30,31). The maximum atomic E-state index is 9.85. The molecule has 5 nitrogen and oxygen atoms in total. The summed E-state index contributed by atoms with van der Waals surface area (Å²) in [5.41, 5.74) is 10.6.